The lowest BCUT2D eigenvalue weighted by molar-refractivity contribution is 0.779. The molecule has 0 spiro atoms. The molecule has 1 aromatic carbocycles. The molecule has 0 amide bonds. The monoisotopic (exact) mass is 352 g/mol. The second-order valence-corrected chi connectivity index (χ2v) is 8.02. The van der Waals surface area contributed by atoms with E-state index >= 15 is 0 Å². The lowest BCUT2D eigenvalue weighted by Crippen LogP contribution is -2.07. The van der Waals surface area contributed by atoms with Crippen LogP contribution in [0.3, 0.4) is 0 Å². The number of nitrogens with one attached hydrogen (secondary N) is 2. The van der Waals surface area contributed by atoms with Gasteiger partial charge in [-0.05, 0) is 43.3 Å². The molecule has 1 saturated heterocycles. The molecule has 5 rings (SSSR count). The highest BCUT2D eigenvalue weighted by Gasteiger charge is 2.20. The molecular weight excluding hydrogens is 336 g/mol. The van der Waals surface area contributed by atoms with Crippen LogP contribution in [0.5, 0.6) is 0 Å². The van der Waals surface area contributed by atoms with Crippen molar-refractivity contribution in [3.8, 4) is 0 Å². The summed E-state index contributed by atoms with van der Waals surface area (Å²) in [6.07, 6.45) is 3.11. The fourth-order valence-electron chi connectivity index (χ4n) is 3.26. The summed E-state index contributed by atoms with van der Waals surface area (Å²) in [6.45, 7) is 2.20. The summed E-state index contributed by atoms with van der Waals surface area (Å²) >= 11 is 3.49. The summed E-state index contributed by atoms with van der Waals surface area (Å²) < 4.78 is 1.21. The number of benzene rings is 1. The van der Waals surface area contributed by atoms with Crippen molar-refractivity contribution in [1.29, 1.82) is 0 Å². The highest BCUT2D eigenvalue weighted by atomic mass is 32.1. The molecule has 4 aromatic rings. The third kappa shape index (κ3) is 2.47. The van der Waals surface area contributed by atoms with Gasteiger partial charge in [0.25, 0.3) is 0 Å². The zero-order chi connectivity index (χ0) is 15.9. The highest BCUT2D eigenvalue weighted by Crippen LogP contribution is 2.37. The van der Waals surface area contributed by atoms with Gasteiger partial charge < -0.3 is 10.6 Å². The van der Waals surface area contributed by atoms with Gasteiger partial charge in [-0.2, -0.15) is 0 Å². The summed E-state index contributed by atoms with van der Waals surface area (Å²) in [5, 5.41) is 8.21. The van der Waals surface area contributed by atoms with Crippen LogP contribution in [0.25, 0.3) is 20.4 Å². The van der Waals surface area contributed by atoms with Crippen LogP contribution in [0, 0.1) is 0 Å². The number of anilines is 2. The quantitative estimate of drug-likeness (QED) is 0.560. The minimum atomic E-state index is 0.628. The summed E-state index contributed by atoms with van der Waals surface area (Å²) in [5.41, 5.74) is 5.11. The van der Waals surface area contributed by atoms with Crippen molar-refractivity contribution in [2.24, 2.45) is 0 Å². The third-order valence-electron chi connectivity index (χ3n) is 4.53. The number of aromatic nitrogens is 2. The van der Waals surface area contributed by atoms with E-state index in [0.29, 0.717) is 5.92 Å². The van der Waals surface area contributed by atoms with Crippen LogP contribution in [0.1, 0.15) is 17.2 Å². The van der Waals surface area contributed by atoms with Gasteiger partial charge in [0, 0.05) is 34.6 Å². The molecule has 0 saturated carbocycles. The summed E-state index contributed by atoms with van der Waals surface area (Å²) in [7, 11) is 0. The number of hydrogen-bond acceptors (Lipinski definition) is 6. The third-order valence-corrected chi connectivity index (χ3v) is 6.54. The van der Waals surface area contributed by atoms with Crippen LogP contribution >= 0.6 is 22.7 Å². The zero-order valence-electron chi connectivity index (χ0n) is 13.0. The Morgan fingerprint density at radius 1 is 1.17 bits per heavy atom. The molecule has 4 nitrogen and oxygen atoms in total. The first kappa shape index (κ1) is 14.3. The number of thiophene rings is 1. The first-order valence-corrected chi connectivity index (χ1v) is 9.76. The molecule has 2 N–H and O–H groups in total. The van der Waals surface area contributed by atoms with Crippen molar-refractivity contribution in [3.05, 3.63) is 46.9 Å². The summed E-state index contributed by atoms with van der Waals surface area (Å²) in [4.78, 5) is 11.5. The minimum absolute atomic E-state index is 0.628. The van der Waals surface area contributed by atoms with E-state index < -0.39 is 0 Å². The Hall–Kier alpha value is -2.02. The van der Waals surface area contributed by atoms with E-state index in [0.717, 1.165) is 34.8 Å². The van der Waals surface area contributed by atoms with Crippen LogP contribution in [0.15, 0.2) is 42.0 Å². The average Bonchev–Trinajstić information content (AvgIpc) is 3.34. The van der Waals surface area contributed by atoms with Gasteiger partial charge in [0.05, 0.1) is 21.4 Å². The number of fused-ring (bicyclic) bond motifs is 2. The van der Waals surface area contributed by atoms with E-state index in [1.54, 1.807) is 11.3 Å². The maximum absolute atomic E-state index is 4.56. The van der Waals surface area contributed by atoms with Crippen molar-refractivity contribution in [1.82, 2.24) is 15.3 Å². The Morgan fingerprint density at radius 3 is 3.08 bits per heavy atom. The van der Waals surface area contributed by atoms with Gasteiger partial charge in [-0.15, -0.1) is 22.7 Å². The molecule has 0 aliphatic carbocycles. The molecule has 120 valence electrons. The number of pyridine rings is 1. The van der Waals surface area contributed by atoms with Crippen molar-refractivity contribution in [3.63, 3.8) is 0 Å². The van der Waals surface area contributed by atoms with Crippen molar-refractivity contribution < 1.29 is 0 Å². The van der Waals surface area contributed by atoms with Crippen molar-refractivity contribution in [2.45, 2.75) is 12.3 Å². The molecule has 0 bridgehead atoms. The predicted octanol–water partition coefficient (Wildman–Crippen LogP) is 4.73. The SMILES string of the molecule is c1cc(Nc2ccc3scnc3c2)c2cc(C3CCNC3)sc2n1. The molecule has 4 heterocycles. The lowest BCUT2D eigenvalue weighted by Gasteiger charge is -2.07. The number of nitrogens with zero attached hydrogens (tertiary/aromatic N) is 2. The molecule has 24 heavy (non-hydrogen) atoms. The molecule has 3 aromatic heterocycles. The first-order chi connectivity index (χ1) is 11.9. The second-order valence-electron chi connectivity index (χ2n) is 6.08. The van der Waals surface area contributed by atoms with Gasteiger partial charge in [0.1, 0.15) is 4.83 Å². The van der Waals surface area contributed by atoms with Gasteiger partial charge in [-0.1, -0.05) is 0 Å². The van der Waals surface area contributed by atoms with Crippen LogP contribution in [0.2, 0.25) is 0 Å². The van der Waals surface area contributed by atoms with Crippen molar-refractivity contribution >= 4 is 54.5 Å². The zero-order valence-corrected chi connectivity index (χ0v) is 14.6. The Kier molecular flexibility index (Phi) is 3.47. The van der Waals surface area contributed by atoms with Crippen LogP contribution < -0.4 is 10.6 Å². The maximum Gasteiger partial charge on any atom is 0.125 e. The lowest BCUT2D eigenvalue weighted by atomic mass is 10.1. The van der Waals surface area contributed by atoms with Gasteiger partial charge in [-0.25, -0.2) is 9.97 Å². The van der Waals surface area contributed by atoms with E-state index in [2.05, 4.69) is 50.9 Å². The minimum Gasteiger partial charge on any atom is -0.355 e. The smallest absolute Gasteiger partial charge is 0.125 e. The molecule has 6 heteroatoms. The summed E-state index contributed by atoms with van der Waals surface area (Å²) in [6, 6.07) is 10.7. The normalized spacial score (nSPS) is 17.8. The molecule has 1 aliphatic heterocycles. The number of rotatable bonds is 3. The number of hydrogen-bond donors (Lipinski definition) is 2. The van der Waals surface area contributed by atoms with E-state index in [4.69, 9.17) is 0 Å². The summed E-state index contributed by atoms with van der Waals surface area (Å²) in [5.74, 6) is 0.628. The maximum atomic E-state index is 4.56. The molecule has 1 atom stereocenters. The Morgan fingerprint density at radius 2 is 2.17 bits per heavy atom. The Labute approximate surface area is 147 Å². The van der Waals surface area contributed by atoms with E-state index in [9.17, 15) is 0 Å². The van der Waals surface area contributed by atoms with E-state index in [-0.39, 0.29) is 0 Å². The Bertz CT molecular complexity index is 1010. The first-order valence-electron chi connectivity index (χ1n) is 8.06. The van der Waals surface area contributed by atoms with Crippen molar-refractivity contribution in [2.75, 3.05) is 18.4 Å². The highest BCUT2D eigenvalue weighted by molar-refractivity contribution is 7.18. The van der Waals surface area contributed by atoms with Gasteiger partial charge in [-0.3, -0.25) is 0 Å². The fraction of sp³-hybridized carbons (Fsp3) is 0.222. The predicted molar refractivity (Wildman–Crippen MR) is 103 cm³/mol. The molecule has 0 radical (unpaired) electrons. The van der Waals surface area contributed by atoms with Gasteiger partial charge >= 0.3 is 0 Å². The fourth-order valence-corrected chi connectivity index (χ4v) is 5.08. The molecule has 1 aliphatic rings. The average molecular weight is 352 g/mol. The standard InChI is InChI=1S/C18H16N4S2/c1-2-16-15(21-10-23-16)7-12(1)22-14-4-6-20-18-13(14)8-17(24-18)11-3-5-19-9-11/h1-2,4,6-8,10-11,19H,3,5,9H2,(H,20,22). The van der Waals surface area contributed by atoms with E-state index in [1.165, 1.54) is 21.4 Å². The molecular formula is C18H16N4S2. The van der Waals surface area contributed by atoms with Crippen LogP contribution in [-0.4, -0.2) is 23.1 Å². The second kappa shape index (κ2) is 5.81. The largest absolute Gasteiger partial charge is 0.355 e. The van der Waals surface area contributed by atoms with Crippen LogP contribution in [-0.2, 0) is 0 Å². The Balaban J connectivity index is 1.53. The van der Waals surface area contributed by atoms with E-state index in [1.807, 2.05) is 23.0 Å². The molecule has 1 unspecified atom stereocenters. The van der Waals surface area contributed by atoms with Gasteiger partial charge in [0.15, 0.2) is 0 Å². The molecule has 1 fully saturated rings. The number of thiazole rings is 1. The van der Waals surface area contributed by atoms with Crippen LogP contribution in [0.4, 0.5) is 11.4 Å². The van der Waals surface area contributed by atoms with Gasteiger partial charge in [0.2, 0.25) is 0 Å². The topological polar surface area (TPSA) is 49.8 Å².